The number of piperidine rings is 1. The first kappa shape index (κ1) is 18.9. The molecule has 0 N–H and O–H groups in total. The summed E-state index contributed by atoms with van der Waals surface area (Å²) in [5.41, 5.74) is 3.71. The lowest BCUT2D eigenvalue weighted by Crippen LogP contribution is -2.44. The topological polar surface area (TPSA) is 53.5 Å². The van der Waals surface area contributed by atoms with E-state index in [0.717, 1.165) is 48.6 Å². The Morgan fingerprint density at radius 3 is 2.68 bits per heavy atom. The first-order chi connectivity index (χ1) is 13.6. The number of benzene rings is 1. The Morgan fingerprint density at radius 1 is 1.25 bits per heavy atom. The fourth-order valence-corrected chi connectivity index (χ4v) is 4.97. The Balaban J connectivity index is 1.33. The van der Waals surface area contributed by atoms with Crippen molar-refractivity contribution in [3.63, 3.8) is 0 Å². The first-order valence-electron chi connectivity index (χ1n) is 9.75. The van der Waals surface area contributed by atoms with Crippen molar-refractivity contribution < 1.29 is 9.59 Å². The number of rotatable bonds is 4. The monoisotopic (exact) mass is 395 g/mol. The molecule has 0 atom stereocenters. The van der Waals surface area contributed by atoms with Crippen molar-refractivity contribution in [2.75, 3.05) is 26.2 Å². The molecule has 2 aliphatic heterocycles. The number of aromatic nitrogens is 1. The van der Waals surface area contributed by atoms with E-state index in [0.29, 0.717) is 13.0 Å². The quantitative estimate of drug-likeness (QED) is 0.795. The van der Waals surface area contributed by atoms with Crippen LogP contribution in [0.15, 0.2) is 41.9 Å². The number of hydrogen-bond donors (Lipinski definition) is 0. The molecule has 2 fully saturated rings. The zero-order chi connectivity index (χ0) is 19.6. The van der Waals surface area contributed by atoms with Crippen molar-refractivity contribution in [2.24, 2.45) is 5.41 Å². The minimum Gasteiger partial charge on any atom is -0.338 e. The summed E-state index contributed by atoms with van der Waals surface area (Å²) in [6.45, 7) is 4.77. The lowest BCUT2D eigenvalue weighted by molar-refractivity contribution is -0.127. The highest BCUT2D eigenvalue weighted by Gasteiger charge is 2.45. The summed E-state index contributed by atoms with van der Waals surface area (Å²) >= 11 is 1.41. The van der Waals surface area contributed by atoms with Crippen LogP contribution in [0.2, 0.25) is 0 Å². The van der Waals surface area contributed by atoms with Crippen molar-refractivity contribution >= 4 is 29.2 Å². The van der Waals surface area contributed by atoms with Gasteiger partial charge in [0.05, 0.1) is 11.2 Å². The summed E-state index contributed by atoms with van der Waals surface area (Å²) in [7, 11) is 0. The zero-order valence-corrected chi connectivity index (χ0v) is 17.0. The van der Waals surface area contributed by atoms with Crippen LogP contribution >= 0.6 is 11.3 Å². The van der Waals surface area contributed by atoms with Crippen LogP contribution in [0.3, 0.4) is 0 Å². The van der Waals surface area contributed by atoms with Gasteiger partial charge in [0.1, 0.15) is 4.88 Å². The van der Waals surface area contributed by atoms with Gasteiger partial charge in [0.2, 0.25) is 5.91 Å². The Morgan fingerprint density at radius 2 is 2.00 bits per heavy atom. The fourth-order valence-electron chi connectivity index (χ4n) is 4.20. The van der Waals surface area contributed by atoms with Gasteiger partial charge in [-0.05, 0) is 25.3 Å². The zero-order valence-electron chi connectivity index (χ0n) is 16.1. The van der Waals surface area contributed by atoms with E-state index in [-0.39, 0.29) is 17.2 Å². The lowest BCUT2D eigenvalue weighted by atomic mass is 9.77. The highest BCUT2D eigenvalue weighted by molar-refractivity contribution is 7.11. The number of carbonyl (C=O) groups excluding carboxylic acids is 2. The van der Waals surface area contributed by atoms with Crippen LogP contribution in [0.1, 0.15) is 40.2 Å². The second-order valence-electron chi connectivity index (χ2n) is 7.82. The third kappa shape index (κ3) is 3.87. The van der Waals surface area contributed by atoms with E-state index in [2.05, 4.69) is 29.3 Å². The average Bonchev–Trinajstić information content (AvgIpc) is 3.26. The Labute approximate surface area is 169 Å². The Hall–Kier alpha value is -2.47. The van der Waals surface area contributed by atoms with Crippen LogP contribution in [-0.2, 0) is 4.79 Å². The van der Waals surface area contributed by atoms with Gasteiger partial charge >= 0.3 is 0 Å². The number of carbonyl (C=O) groups is 2. The summed E-state index contributed by atoms with van der Waals surface area (Å²) in [6.07, 6.45) is 6.52. The molecule has 1 spiro atoms. The maximum Gasteiger partial charge on any atom is 0.265 e. The van der Waals surface area contributed by atoms with Crippen LogP contribution in [0.5, 0.6) is 0 Å². The van der Waals surface area contributed by atoms with Crippen LogP contribution in [0.25, 0.3) is 6.08 Å². The molecule has 0 saturated carbocycles. The molecule has 6 heteroatoms. The SMILES string of the molecule is Cc1ncsc1C(=O)N1CCC2(CC1)CC(=O)N(C/C=C/c1ccccc1)C2. The third-order valence-electron chi connectivity index (χ3n) is 5.89. The molecule has 2 aliphatic rings. The first-order valence-corrected chi connectivity index (χ1v) is 10.6. The van der Waals surface area contributed by atoms with Crippen LogP contribution < -0.4 is 0 Å². The fraction of sp³-hybridized carbons (Fsp3) is 0.409. The Bertz CT molecular complexity index is 882. The molecule has 5 nitrogen and oxygen atoms in total. The third-order valence-corrected chi connectivity index (χ3v) is 6.81. The van der Waals surface area contributed by atoms with Gasteiger partial charge < -0.3 is 9.80 Å². The molecule has 1 aromatic carbocycles. The Kier molecular flexibility index (Phi) is 5.31. The smallest absolute Gasteiger partial charge is 0.265 e. The number of hydrogen-bond acceptors (Lipinski definition) is 4. The molecule has 2 aromatic rings. The summed E-state index contributed by atoms with van der Waals surface area (Å²) in [6, 6.07) is 10.1. The molecule has 2 amide bonds. The van der Waals surface area contributed by atoms with Gasteiger partial charge in [0, 0.05) is 38.0 Å². The molecule has 0 radical (unpaired) electrons. The predicted molar refractivity (Wildman–Crippen MR) is 111 cm³/mol. The minimum atomic E-state index is 0.0250. The predicted octanol–water partition coefficient (Wildman–Crippen LogP) is 3.62. The number of likely N-dealkylation sites (tertiary alicyclic amines) is 2. The highest BCUT2D eigenvalue weighted by atomic mass is 32.1. The number of aryl methyl sites for hydroxylation is 1. The summed E-state index contributed by atoms with van der Waals surface area (Å²) in [5, 5.41) is 0. The van der Waals surface area contributed by atoms with Gasteiger partial charge in [0.15, 0.2) is 0 Å². The van der Waals surface area contributed by atoms with Gasteiger partial charge in [-0.1, -0.05) is 42.5 Å². The second-order valence-corrected chi connectivity index (χ2v) is 8.68. The van der Waals surface area contributed by atoms with Gasteiger partial charge in [-0.3, -0.25) is 9.59 Å². The van der Waals surface area contributed by atoms with Crippen LogP contribution in [0, 0.1) is 12.3 Å². The van der Waals surface area contributed by atoms with Crippen molar-refractivity contribution in [1.29, 1.82) is 0 Å². The lowest BCUT2D eigenvalue weighted by Gasteiger charge is -2.38. The average molecular weight is 396 g/mol. The van der Waals surface area contributed by atoms with E-state index < -0.39 is 0 Å². The maximum absolute atomic E-state index is 12.7. The van der Waals surface area contributed by atoms with Crippen LogP contribution in [-0.4, -0.2) is 52.8 Å². The molecule has 28 heavy (non-hydrogen) atoms. The summed E-state index contributed by atoms with van der Waals surface area (Å²) < 4.78 is 0. The number of amides is 2. The van der Waals surface area contributed by atoms with E-state index in [1.165, 1.54) is 11.3 Å². The van der Waals surface area contributed by atoms with Crippen LogP contribution in [0.4, 0.5) is 0 Å². The van der Waals surface area contributed by atoms with E-state index in [4.69, 9.17) is 0 Å². The summed E-state index contributed by atoms with van der Waals surface area (Å²) in [4.78, 5) is 34.1. The number of nitrogens with zero attached hydrogens (tertiary/aromatic N) is 3. The van der Waals surface area contributed by atoms with Gasteiger partial charge in [-0.15, -0.1) is 11.3 Å². The largest absolute Gasteiger partial charge is 0.338 e. The molecule has 0 unspecified atom stereocenters. The van der Waals surface area contributed by atoms with Gasteiger partial charge in [-0.2, -0.15) is 0 Å². The van der Waals surface area contributed by atoms with Crippen molar-refractivity contribution in [2.45, 2.75) is 26.2 Å². The normalized spacial score (nSPS) is 19.1. The molecule has 4 rings (SSSR count). The van der Waals surface area contributed by atoms with Crippen molar-refractivity contribution in [3.05, 3.63) is 58.1 Å². The molecule has 0 aliphatic carbocycles. The van der Waals surface area contributed by atoms with Crippen molar-refractivity contribution in [3.8, 4) is 0 Å². The second kappa shape index (κ2) is 7.87. The molecular weight excluding hydrogens is 370 g/mol. The van der Waals surface area contributed by atoms with E-state index in [1.54, 1.807) is 5.51 Å². The van der Waals surface area contributed by atoms with Crippen molar-refractivity contribution in [1.82, 2.24) is 14.8 Å². The number of thiazole rings is 1. The van der Waals surface area contributed by atoms with Gasteiger partial charge in [0.25, 0.3) is 5.91 Å². The maximum atomic E-state index is 12.7. The molecule has 2 saturated heterocycles. The molecule has 0 bridgehead atoms. The van der Waals surface area contributed by atoms with E-state index >= 15 is 0 Å². The molecular formula is C22H25N3O2S. The standard InChI is InChI=1S/C22H25N3O2S/c1-17-20(28-16-23-17)21(27)24-12-9-22(10-13-24)14-19(26)25(15-22)11-5-8-18-6-3-2-4-7-18/h2-8,16H,9-15H2,1H3/b8-5+. The molecule has 146 valence electrons. The van der Waals surface area contributed by atoms with E-state index in [9.17, 15) is 9.59 Å². The van der Waals surface area contributed by atoms with E-state index in [1.807, 2.05) is 34.9 Å². The highest BCUT2D eigenvalue weighted by Crippen LogP contribution is 2.41. The minimum absolute atomic E-state index is 0.0250. The summed E-state index contributed by atoms with van der Waals surface area (Å²) in [5.74, 6) is 0.317. The van der Waals surface area contributed by atoms with Gasteiger partial charge in [-0.25, -0.2) is 4.98 Å². The molecule has 1 aromatic heterocycles. The molecule has 3 heterocycles.